The highest BCUT2D eigenvalue weighted by Gasteiger charge is 2.26. The van der Waals surface area contributed by atoms with E-state index >= 15 is 0 Å². The molecular formula is C22H31ClN4O3. The molecule has 7 nitrogen and oxygen atoms in total. The van der Waals surface area contributed by atoms with Crippen molar-refractivity contribution in [1.29, 1.82) is 0 Å². The predicted octanol–water partition coefficient (Wildman–Crippen LogP) is 5.75. The van der Waals surface area contributed by atoms with Gasteiger partial charge in [0.25, 0.3) is 0 Å². The van der Waals surface area contributed by atoms with Gasteiger partial charge in [0, 0.05) is 5.92 Å². The molecule has 0 unspecified atom stereocenters. The van der Waals surface area contributed by atoms with Gasteiger partial charge in [-0.1, -0.05) is 61.7 Å². The molecule has 0 spiro atoms. The summed E-state index contributed by atoms with van der Waals surface area (Å²) < 4.78 is 11.0. The molecule has 8 heteroatoms. The van der Waals surface area contributed by atoms with Gasteiger partial charge in [-0.15, -0.1) is 0 Å². The fraction of sp³-hybridized carbons (Fsp3) is 0.682. The lowest BCUT2D eigenvalue weighted by Crippen LogP contribution is -2.25. The van der Waals surface area contributed by atoms with Crippen LogP contribution in [0.5, 0.6) is 0 Å². The standard InChI is InChI=1S/C22H31ClN4O3/c1-22(2,3)29-19(28)12-16(11-7-10-15-8-5-4-6-9-15)21-26-20(27-30-21)17-13-24-14-18(23)25-17/h13-16H,4-12H2,1-3H3/t16-/m1/s1. The van der Waals surface area contributed by atoms with Gasteiger partial charge in [-0.2, -0.15) is 4.98 Å². The van der Waals surface area contributed by atoms with Crippen molar-refractivity contribution in [3.8, 4) is 11.5 Å². The zero-order valence-electron chi connectivity index (χ0n) is 18.1. The molecular weight excluding hydrogens is 404 g/mol. The molecule has 0 radical (unpaired) electrons. The first-order valence-electron chi connectivity index (χ1n) is 10.8. The van der Waals surface area contributed by atoms with Gasteiger partial charge in [0.1, 0.15) is 16.4 Å². The number of carbonyl (C=O) groups is 1. The average Bonchev–Trinajstić information content (AvgIpc) is 3.17. The molecule has 0 bridgehead atoms. The normalized spacial score (nSPS) is 16.4. The number of ether oxygens (including phenoxy) is 1. The second-order valence-corrected chi connectivity index (χ2v) is 9.49. The zero-order chi connectivity index (χ0) is 21.6. The highest BCUT2D eigenvalue weighted by Crippen LogP contribution is 2.32. The van der Waals surface area contributed by atoms with Crippen LogP contribution in [0, 0.1) is 5.92 Å². The van der Waals surface area contributed by atoms with Crippen molar-refractivity contribution in [3.63, 3.8) is 0 Å². The Morgan fingerprint density at radius 2 is 2.00 bits per heavy atom. The Labute approximate surface area is 183 Å². The van der Waals surface area contributed by atoms with Crippen LogP contribution in [0.1, 0.15) is 90.4 Å². The van der Waals surface area contributed by atoms with Crippen LogP contribution in [0.15, 0.2) is 16.9 Å². The van der Waals surface area contributed by atoms with Gasteiger partial charge in [-0.25, -0.2) is 4.98 Å². The van der Waals surface area contributed by atoms with Crippen molar-refractivity contribution < 1.29 is 14.1 Å². The van der Waals surface area contributed by atoms with Gasteiger partial charge in [0.2, 0.25) is 11.7 Å². The number of hydrogen-bond acceptors (Lipinski definition) is 7. The molecule has 164 valence electrons. The molecule has 1 aliphatic carbocycles. The van der Waals surface area contributed by atoms with Gasteiger partial charge in [0.05, 0.1) is 18.8 Å². The second kappa shape index (κ2) is 10.3. The molecule has 0 N–H and O–H groups in total. The Kier molecular flexibility index (Phi) is 7.81. The number of esters is 1. The van der Waals surface area contributed by atoms with E-state index < -0.39 is 5.60 Å². The molecule has 1 aliphatic rings. The first kappa shape index (κ1) is 22.7. The molecule has 0 aromatic carbocycles. The predicted molar refractivity (Wildman–Crippen MR) is 114 cm³/mol. The van der Waals surface area contributed by atoms with Gasteiger partial charge in [-0.3, -0.25) is 9.78 Å². The Morgan fingerprint density at radius 3 is 2.70 bits per heavy atom. The van der Waals surface area contributed by atoms with Crippen LogP contribution in [-0.2, 0) is 9.53 Å². The number of halogens is 1. The lowest BCUT2D eigenvalue weighted by atomic mass is 9.84. The van der Waals surface area contributed by atoms with E-state index in [0.717, 1.165) is 18.8 Å². The van der Waals surface area contributed by atoms with Gasteiger partial charge in [-0.05, 0) is 33.1 Å². The summed E-state index contributed by atoms with van der Waals surface area (Å²) in [6.07, 6.45) is 12.8. The van der Waals surface area contributed by atoms with E-state index in [1.807, 2.05) is 20.8 Å². The lowest BCUT2D eigenvalue weighted by molar-refractivity contribution is -0.155. The minimum absolute atomic E-state index is 0.183. The third-order valence-electron chi connectivity index (χ3n) is 5.35. The molecule has 2 aromatic heterocycles. The average molecular weight is 435 g/mol. The summed E-state index contributed by atoms with van der Waals surface area (Å²) in [7, 11) is 0. The number of hydrogen-bond donors (Lipinski definition) is 0. The fourth-order valence-corrected chi connectivity index (χ4v) is 4.13. The molecule has 2 heterocycles. The Balaban J connectivity index is 1.68. The van der Waals surface area contributed by atoms with Crippen LogP contribution < -0.4 is 0 Å². The maximum Gasteiger partial charge on any atom is 0.307 e. The number of aromatic nitrogens is 4. The van der Waals surface area contributed by atoms with Crippen molar-refractivity contribution >= 4 is 17.6 Å². The monoisotopic (exact) mass is 434 g/mol. The molecule has 2 aromatic rings. The van der Waals surface area contributed by atoms with Gasteiger partial charge >= 0.3 is 5.97 Å². The van der Waals surface area contributed by atoms with Crippen LogP contribution in [0.25, 0.3) is 11.5 Å². The van der Waals surface area contributed by atoms with Crippen LogP contribution >= 0.6 is 11.6 Å². The smallest absolute Gasteiger partial charge is 0.307 e. The van der Waals surface area contributed by atoms with Crippen LogP contribution in [0.2, 0.25) is 5.15 Å². The van der Waals surface area contributed by atoms with E-state index in [1.165, 1.54) is 50.9 Å². The van der Waals surface area contributed by atoms with E-state index in [2.05, 4.69) is 20.1 Å². The topological polar surface area (TPSA) is 91.0 Å². The minimum atomic E-state index is -0.528. The summed E-state index contributed by atoms with van der Waals surface area (Å²) >= 11 is 5.92. The molecule has 1 saturated carbocycles. The van der Waals surface area contributed by atoms with Gasteiger partial charge in [0.15, 0.2) is 0 Å². The summed E-state index contributed by atoms with van der Waals surface area (Å²) in [5, 5.41) is 4.29. The highest BCUT2D eigenvalue weighted by atomic mass is 35.5. The quantitative estimate of drug-likeness (QED) is 0.488. The lowest BCUT2D eigenvalue weighted by Gasteiger charge is -2.23. The minimum Gasteiger partial charge on any atom is -0.460 e. The first-order chi connectivity index (χ1) is 14.3. The van der Waals surface area contributed by atoms with Crippen LogP contribution in [0.3, 0.4) is 0 Å². The van der Waals surface area contributed by atoms with E-state index in [-0.39, 0.29) is 23.5 Å². The Morgan fingerprint density at radius 1 is 1.23 bits per heavy atom. The molecule has 0 amide bonds. The molecule has 1 atom stereocenters. The number of carbonyl (C=O) groups excluding carboxylic acids is 1. The van der Waals surface area contributed by atoms with Crippen molar-refractivity contribution in [2.45, 2.75) is 90.1 Å². The number of rotatable bonds is 8. The fourth-order valence-electron chi connectivity index (χ4n) is 3.98. The van der Waals surface area contributed by atoms with Gasteiger partial charge < -0.3 is 9.26 Å². The van der Waals surface area contributed by atoms with E-state index in [1.54, 1.807) is 0 Å². The maximum atomic E-state index is 12.5. The van der Waals surface area contributed by atoms with Crippen LogP contribution in [0.4, 0.5) is 0 Å². The van der Waals surface area contributed by atoms with E-state index in [0.29, 0.717) is 17.4 Å². The SMILES string of the molecule is CC(C)(C)OC(=O)C[C@@H](CCCC1CCCCC1)c1nc(-c2cncc(Cl)n2)no1. The summed E-state index contributed by atoms with van der Waals surface area (Å²) in [5.41, 5.74) is -0.0872. The summed E-state index contributed by atoms with van der Waals surface area (Å²) in [4.78, 5) is 25.2. The van der Waals surface area contributed by atoms with Crippen molar-refractivity contribution in [1.82, 2.24) is 20.1 Å². The second-order valence-electron chi connectivity index (χ2n) is 9.11. The number of nitrogens with zero attached hydrogens (tertiary/aromatic N) is 4. The van der Waals surface area contributed by atoms with Crippen molar-refractivity contribution in [2.75, 3.05) is 0 Å². The highest BCUT2D eigenvalue weighted by molar-refractivity contribution is 6.29. The van der Waals surface area contributed by atoms with Crippen molar-refractivity contribution in [2.24, 2.45) is 5.92 Å². The first-order valence-corrected chi connectivity index (χ1v) is 11.2. The largest absolute Gasteiger partial charge is 0.460 e. The molecule has 1 fully saturated rings. The third kappa shape index (κ3) is 7.04. The molecule has 0 saturated heterocycles. The van der Waals surface area contributed by atoms with Crippen LogP contribution in [-0.4, -0.2) is 31.7 Å². The third-order valence-corrected chi connectivity index (χ3v) is 5.53. The van der Waals surface area contributed by atoms with E-state index in [4.69, 9.17) is 20.9 Å². The van der Waals surface area contributed by atoms with E-state index in [9.17, 15) is 4.79 Å². The summed E-state index contributed by atoms with van der Waals surface area (Å²) in [6, 6.07) is 0. The summed E-state index contributed by atoms with van der Waals surface area (Å²) in [6.45, 7) is 5.60. The summed E-state index contributed by atoms with van der Waals surface area (Å²) in [5.74, 6) is 1.10. The maximum absolute atomic E-state index is 12.5. The molecule has 0 aliphatic heterocycles. The zero-order valence-corrected chi connectivity index (χ0v) is 18.8. The van der Waals surface area contributed by atoms with Crippen molar-refractivity contribution in [3.05, 3.63) is 23.4 Å². The molecule has 3 rings (SSSR count). The molecule has 30 heavy (non-hydrogen) atoms. The Bertz CT molecular complexity index is 828. The Hall–Kier alpha value is -2.02.